The fourth-order valence-electron chi connectivity index (χ4n) is 2.10. The molecule has 0 saturated heterocycles. The highest BCUT2D eigenvalue weighted by molar-refractivity contribution is 7.22. The molecule has 0 fully saturated rings. The molecule has 0 radical (unpaired) electrons. The van der Waals surface area contributed by atoms with Crippen LogP contribution in [0.3, 0.4) is 0 Å². The van der Waals surface area contributed by atoms with E-state index in [0.717, 1.165) is 21.8 Å². The number of nitrogens with one attached hydrogen (secondary N) is 1. The average Bonchev–Trinajstić information content (AvgIpc) is 2.91. The Hall–Kier alpha value is -2.51. The Morgan fingerprint density at radius 2 is 2.13 bits per heavy atom. The number of nitro benzene ring substituents is 1. The minimum absolute atomic E-state index is 0.0387. The second-order valence-electron chi connectivity index (χ2n) is 4.82. The van der Waals surface area contributed by atoms with Crippen LogP contribution in [0.25, 0.3) is 10.2 Å². The van der Waals surface area contributed by atoms with Gasteiger partial charge in [0.15, 0.2) is 5.13 Å². The van der Waals surface area contributed by atoms with Crippen LogP contribution in [0.1, 0.15) is 15.9 Å². The molecule has 0 unspecified atom stereocenters. The van der Waals surface area contributed by atoms with Crippen molar-refractivity contribution in [2.45, 2.75) is 6.92 Å². The van der Waals surface area contributed by atoms with Crippen LogP contribution < -0.4 is 5.32 Å². The molecule has 8 heteroatoms. The van der Waals surface area contributed by atoms with Gasteiger partial charge in [-0.1, -0.05) is 35.1 Å². The summed E-state index contributed by atoms with van der Waals surface area (Å²) in [5.74, 6) is -0.532. The number of hydrogen-bond donors (Lipinski definition) is 1. The highest BCUT2D eigenvalue weighted by Crippen LogP contribution is 2.29. The third-order valence-corrected chi connectivity index (χ3v) is 4.51. The molecule has 0 aliphatic rings. The van der Waals surface area contributed by atoms with Gasteiger partial charge < -0.3 is 0 Å². The molecule has 0 aliphatic carbocycles. The lowest BCUT2D eigenvalue weighted by Crippen LogP contribution is -2.12. The molecule has 1 aromatic heterocycles. The molecule has 2 aromatic carbocycles. The number of rotatable bonds is 3. The SMILES string of the molecule is Cc1cccc2sc(NC(=O)c3cc([N+](=O)[O-])ccc3Cl)nc12. The van der Waals surface area contributed by atoms with Crippen molar-refractivity contribution in [1.82, 2.24) is 4.98 Å². The number of halogens is 1. The Morgan fingerprint density at radius 3 is 2.83 bits per heavy atom. The number of hydrogen-bond acceptors (Lipinski definition) is 5. The second-order valence-corrected chi connectivity index (χ2v) is 6.25. The lowest BCUT2D eigenvalue weighted by atomic mass is 10.2. The Morgan fingerprint density at radius 1 is 1.35 bits per heavy atom. The van der Waals surface area contributed by atoms with Crippen molar-refractivity contribution in [3.63, 3.8) is 0 Å². The molecule has 0 aliphatic heterocycles. The van der Waals surface area contributed by atoms with E-state index in [0.29, 0.717) is 5.13 Å². The van der Waals surface area contributed by atoms with E-state index in [1.165, 1.54) is 23.5 Å². The van der Waals surface area contributed by atoms with Gasteiger partial charge in [0.05, 0.1) is 25.7 Å². The van der Waals surface area contributed by atoms with E-state index in [2.05, 4.69) is 10.3 Å². The summed E-state index contributed by atoms with van der Waals surface area (Å²) in [7, 11) is 0. The summed E-state index contributed by atoms with van der Waals surface area (Å²) in [6.07, 6.45) is 0. The highest BCUT2D eigenvalue weighted by atomic mass is 35.5. The maximum absolute atomic E-state index is 12.3. The second kappa shape index (κ2) is 5.94. The van der Waals surface area contributed by atoms with E-state index in [1.807, 2.05) is 25.1 Å². The number of fused-ring (bicyclic) bond motifs is 1. The van der Waals surface area contributed by atoms with E-state index in [-0.39, 0.29) is 16.3 Å². The monoisotopic (exact) mass is 347 g/mol. The topological polar surface area (TPSA) is 85.1 Å². The molecule has 6 nitrogen and oxygen atoms in total. The lowest BCUT2D eigenvalue weighted by Gasteiger charge is -2.03. The largest absolute Gasteiger partial charge is 0.298 e. The van der Waals surface area contributed by atoms with Crippen LogP contribution >= 0.6 is 22.9 Å². The molecule has 3 rings (SSSR count). The number of carbonyl (C=O) groups is 1. The van der Waals surface area contributed by atoms with Gasteiger partial charge in [0.1, 0.15) is 0 Å². The zero-order chi connectivity index (χ0) is 16.6. The fraction of sp³-hybridized carbons (Fsp3) is 0.0667. The van der Waals surface area contributed by atoms with Gasteiger partial charge in [0, 0.05) is 12.1 Å². The first-order valence-electron chi connectivity index (χ1n) is 6.57. The minimum atomic E-state index is -0.575. The standard InChI is InChI=1S/C15H10ClN3O3S/c1-8-3-2-4-12-13(8)17-15(23-12)18-14(20)10-7-9(19(21)22)5-6-11(10)16/h2-7H,1H3,(H,17,18,20). The number of nitrogens with zero attached hydrogens (tertiary/aromatic N) is 2. The highest BCUT2D eigenvalue weighted by Gasteiger charge is 2.17. The molecule has 23 heavy (non-hydrogen) atoms. The van der Waals surface area contributed by atoms with Gasteiger partial charge in [-0.3, -0.25) is 20.2 Å². The number of carbonyl (C=O) groups excluding carboxylic acids is 1. The minimum Gasteiger partial charge on any atom is -0.298 e. The number of para-hydroxylation sites is 1. The van der Waals surface area contributed by atoms with Gasteiger partial charge in [0.2, 0.25) is 0 Å². The quantitative estimate of drug-likeness (QED) is 0.561. The van der Waals surface area contributed by atoms with Gasteiger partial charge >= 0.3 is 0 Å². The first-order chi connectivity index (χ1) is 11.0. The van der Waals surface area contributed by atoms with Crippen molar-refractivity contribution in [3.05, 3.63) is 62.7 Å². The Balaban J connectivity index is 1.93. The van der Waals surface area contributed by atoms with Crippen LogP contribution in [0.15, 0.2) is 36.4 Å². The van der Waals surface area contributed by atoms with E-state index in [1.54, 1.807) is 0 Å². The number of non-ortho nitro benzene ring substituents is 1. The predicted molar refractivity (Wildman–Crippen MR) is 90.4 cm³/mol. The summed E-state index contributed by atoms with van der Waals surface area (Å²) >= 11 is 7.30. The third-order valence-electron chi connectivity index (χ3n) is 3.25. The van der Waals surface area contributed by atoms with Crippen LogP contribution in [0.4, 0.5) is 10.8 Å². The number of anilines is 1. The van der Waals surface area contributed by atoms with Crippen molar-refractivity contribution in [2.24, 2.45) is 0 Å². The number of aryl methyl sites for hydroxylation is 1. The summed E-state index contributed by atoms with van der Waals surface area (Å²) in [5, 5.41) is 14.0. The maximum Gasteiger partial charge on any atom is 0.270 e. The van der Waals surface area contributed by atoms with Crippen LogP contribution in [-0.2, 0) is 0 Å². The number of benzene rings is 2. The Kier molecular flexibility index (Phi) is 3.97. The molecule has 0 spiro atoms. The van der Waals surface area contributed by atoms with E-state index in [9.17, 15) is 14.9 Å². The first kappa shape index (κ1) is 15.4. The van der Waals surface area contributed by atoms with Crippen molar-refractivity contribution < 1.29 is 9.72 Å². The zero-order valence-electron chi connectivity index (χ0n) is 11.9. The van der Waals surface area contributed by atoms with Gasteiger partial charge in [-0.2, -0.15) is 0 Å². The lowest BCUT2D eigenvalue weighted by molar-refractivity contribution is -0.384. The molecule has 1 N–H and O–H groups in total. The van der Waals surface area contributed by atoms with Gasteiger partial charge in [0.25, 0.3) is 11.6 Å². The molecule has 3 aromatic rings. The van der Waals surface area contributed by atoms with E-state index in [4.69, 9.17) is 11.6 Å². The van der Waals surface area contributed by atoms with Crippen LogP contribution in [0.2, 0.25) is 5.02 Å². The van der Waals surface area contributed by atoms with Crippen molar-refractivity contribution >= 4 is 49.9 Å². The molecule has 1 heterocycles. The summed E-state index contributed by atoms with van der Waals surface area (Å²) in [5.41, 5.74) is 1.67. The van der Waals surface area contributed by atoms with Crippen molar-refractivity contribution in [2.75, 3.05) is 5.32 Å². The normalized spacial score (nSPS) is 10.7. The van der Waals surface area contributed by atoms with E-state index >= 15 is 0 Å². The molecule has 0 saturated carbocycles. The number of nitro groups is 1. The Bertz CT molecular complexity index is 939. The summed E-state index contributed by atoms with van der Waals surface area (Å²) in [6.45, 7) is 1.94. The third kappa shape index (κ3) is 3.01. The molecule has 116 valence electrons. The van der Waals surface area contributed by atoms with Crippen LogP contribution in [0.5, 0.6) is 0 Å². The fourth-order valence-corrected chi connectivity index (χ4v) is 3.25. The predicted octanol–water partition coefficient (Wildman–Crippen LogP) is 4.42. The first-order valence-corrected chi connectivity index (χ1v) is 7.76. The van der Waals surface area contributed by atoms with Gasteiger partial charge in [-0.25, -0.2) is 4.98 Å². The molecule has 0 atom stereocenters. The van der Waals surface area contributed by atoms with Crippen molar-refractivity contribution in [1.29, 1.82) is 0 Å². The molecule has 0 bridgehead atoms. The zero-order valence-corrected chi connectivity index (χ0v) is 13.4. The van der Waals surface area contributed by atoms with Crippen molar-refractivity contribution in [3.8, 4) is 0 Å². The molecule has 1 amide bonds. The number of thiazole rings is 1. The van der Waals surface area contributed by atoms with Gasteiger partial charge in [-0.15, -0.1) is 0 Å². The Labute approximate surface area is 139 Å². The van der Waals surface area contributed by atoms with E-state index < -0.39 is 10.8 Å². The smallest absolute Gasteiger partial charge is 0.270 e. The average molecular weight is 348 g/mol. The van der Waals surface area contributed by atoms with Crippen LogP contribution in [0, 0.1) is 17.0 Å². The van der Waals surface area contributed by atoms with Crippen LogP contribution in [-0.4, -0.2) is 15.8 Å². The maximum atomic E-state index is 12.3. The number of amides is 1. The van der Waals surface area contributed by atoms with Gasteiger partial charge in [-0.05, 0) is 24.6 Å². The summed E-state index contributed by atoms with van der Waals surface area (Å²) < 4.78 is 0.949. The molecular formula is C15H10ClN3O3S. The number of aromatic nitrogens is 1. The molecular weight excluding hydrogens is 338 g/mol. The summed E-state index contributed by atoms with van der Waals surface area (Å²) in [4.78, 5) is 26.9. The summed E-state index contributed by atoms with van der Waals surface area (Å²) in [6, 6.07) is 9.49.